The Bertz CT molecular complexity index is 371. The molecule has 0 aromatic heterocycles. The molecule has 1 aliphatic rings. The summed E-state index contributed by atoms with van der Waals surface area (Å²) in [7, 11) is 0. The number of benzene rings is 1. The Hall–Kier alpha value is -1.23. The number of nitriles is 1. The van der Waals surface area contributed by atoms with Crippen LogP contribution < -0.4 is 5.46 Å². The fourth-order valence-electron chi connectivity index (χ4n) is 2.57. The van der Waals surface area contributed by atoms with Crippen molar-refractivity contribution in [2.75, 3.05) is 0 Å². The third-order valence-corrected chi connectivity index (χ3v) is 3.71. The minimum Gasteiger partial charge on any atom is -0.212 e. The van der Waals surface area contributed by atoms with E-state index in [1.165, 1.54) is 37.7 Å². The van der Waals surface area contributed by atoms with E-state index in [2.05, 4.69) is 30.2 Å². The maximum atomic E-state index is 8.86. The number of rotatable bonds is 2. The minimum absolute atomic E-state index is 0.0143. The number of nitrogens with zero attached hydrogens (tertiary/aromatic N) is 1. The Kier molecular flexibility index (Phi) is 3.67. The predicted octanol–water partition coefficient (Wildman–Crippen LogP) is 3.13. The molecule has 0 unspecified atom stereocenters. The molecule has 0 heterocycles. The van der Waals surface area contributed by atoms with Crippen LogP contribution in [0.15, 0.2) is 24.3 Å². The van der Waals surface area contributed by atoms with Gasteiger partial charge in [0.05, 0.1) is 0 Å². The zero-order valence-corrected chi connectivity index (χ0v) is 9.95. The Morgan fingerprint density at radius 1 is 1.12 bits per heavy atom. The Labute approximate surface area is 98.6 Å². The van der Waals surface area contributed by atoms with Crippen LogP contribution in [0.2, 0.25) is 6.82 Å². The van der Waals surface area contributed by atoms with Crippen molar-refractivity contribution in [2.45, 2.75) is 44.8 Å². The number of hydrogen-bond donors (Lipinski definition) is 0. The van der Waals surface area contributed by atoms with Crippen molar-refractivity contribution in [1.82, 2.24) is 0 Å². The molecule has 0 N–H and O–H groups in total. The summed E-state index contributed by atoms with van der Waals surface area (Å²) in [5.74, 6) is 3.04. The monoisotopic (exact) mass is 211 g/mol. The van der Waals surface area contributed by atoms with Gasteiger partial charge in [0, 0.05) is 5.97 Å². The molecule has 1 nitrogen and oxygen atoms in total. The highest BCUT2D eigenvalue weighted by Crippen LogP contribution is 2.31. The van der Waals surface area contributed by atoms with Gasteiger partial charge in [0.15, 0.2) is 0 Å². The van der Waals surface area contributed by atoms with Gasteiger partial charge < -0.3 is 0 Å². The third kappa shape index (κ3) is 2.47. The van der Waals surface area contributed by atoms with E-state index in [0.29, 0.717) is 0 Å². The molecule has 2 heteroatoms. The minimum atomic E-state index is 0.0143. The molecular formula is C14H18BN. The van der Waals surface area contributed by atoms with Crippen LogP contribution in [-0.2, 0) is 0 Å². The van der Waals surface area contributed by atoms with Crippen LogP contribution in [-0.4, -0.2) is 6.71 Å². The van der Waals surface area contributed by atoms with Gasteiger partial charge in [-0.15, -0.1) is 0 Å². The molecular weight excluding hydrogens is 193 g/mol. The van der Waals surface area contributed by atoms with Crippen LogP contribution in [0.3, 0.4) is 0 Å². The molecule has 0 spiro atoms. The highest BCUT2D eigenvalue weighted by molar-refractivity contribution is 6.78. The van der Waals surface area contributed by atoms with Gasteiger partial charge in [-0.2, -0.15) is 0 Å². The van der Waals surface area contributed by atoms with E-state index in [1.807, 2.05) is 6.82 Å². The smallest absolute Gasteiger partial charge is 0.212 e. The van der Waals surface area contributed by atoms with Gasteiger partial charge in [0.2, 0.25) is 0 Å². The molecule has 0 aliphatic heterocycles. The molecule has 0 atom stereocenters. The van der Waals surface area contributed by atoms with Gasteiger partial charge in [-0.05, 0) is 24.3 Å². The van der Waals surface area contributed by atoms with Crippen LogP contribution in [0.25, 0.3) is 0 Å². The summed E-state index contributed by atoms with van der Waals surface area (Å²) in [4.78, 5) is 0. The van der Waals surface area contributed by atoms with E-state index in [0.717, 1.165) is 11.4 Å². The molecule has 82 valence electrons. The fraction of sp³-hybridized carbons (Fsp3) is 0.500. The molecule has 1 aromatic rings. The van der Waals surface area contributed by atoms with Gasteiger partial charge in [0.25, 0.3) is 6.71 Å². The lowest BCUT2D eigenvalue weighted by molar-refractivity contribution is 0.443. The normalized spacial score (nSPS) is 16.8. The van der Waals surface area contributed by atoms with Crippen LogP contribution in [0.5, 0.6) is 0 Å². The fourth-order valence-corrected chi connectivity index (χ4v) is 2.57. The highest BCUT2D eigenvalue weighted by atomic mass is 14.2. The maximum absolute atomic E-state index is 8.86. The summed E-state index contributed by atoms with van der Waals surface area (Å²) < 4.78 is 0. The summed E-state index contributed by atoms with van der Waals surface area (Å²) in [6.07, 6.45) is 6.84. The molecule has 0 amide bonds. The zero-order valence-electron chi connectivity index (χ0n) is 9.95. The van der Waals surface area contributed by atoms with Crippen molar-refractivity contribution in [3.8, 4) is 5.97 Å². The summed E-state index contributed by atoms with van der Waals surface area (Å²) >= 11 is 0. The molecule has 1 fully saturated rings. The SMILES string of the molecule is CB(C#N)c1ccc(C2CCCCC2)cc1. The molecule has 1 aromatic carbocycles. The van der Waals surface area contributed by atoms with E-state index in [9.17, 15) is 0 Å². The second kappa shape index (κ2) is 5.21. The first-order valence-electron chi connectivity index (χ1n) is 6.30. The van der Waals surface area contributed by atoms with E-state index in [4.69, 9.17) is 5.26 Å². The maximum Gasteiger partial charge on any atom is 0.297 e. The van der Waals surface area contributed by atoms with Gasteiger partial charge >= 0.3 is 0 Å². The average molecular weight is 211 g/mol. The van der Waals surface area contributed by atoms with Gasteiger partial charge in [-0.3, -0.25) is 0 Å². The molecule has 0 saturated heterocycles. The Morgan fingerprint density at radius 3 is 2.31 bits per heavy atom. The highest BCUT2D eigenvalue weighted by Gasteiger charge is 2.16. The van der Waals surface area contributed by atoms with Crippen LogP contribution in [0.1, 0.15) is 43.6 Å². The summed E-state index contributed by atoms with van der Waals surface area (Å²) in [5, 5.41) is 8.86. The Balaban J connectivity index is 2.09. The molecule has 0 radical (unpaired) electrons. The summed E-state index contributed by atoms with van der Waals surface area (Å²) in [5.41, 5.74) is 2.61. The Morgan fingerprint density at radius 2 is 1.75 bits per heavy atom. The quantitative estimate of drug-likeness (QED) is 0.689. The molecule has 1 saturated carbocycles. The van der Waals surface area contributed by atoms with E-state index in [1.54, 1.807) is 0 Å². The second-order valence-corrected chi connectivity index (χ2v) is 4.85. The second-order valence-electron chi connectivity index (χ2n) is 4.85. The first-order valence-corrected chi connectivity index (χ1v) is 6.30. The topological polar surface area (TPSA) is 23.8 Å². The van der Waals surface area contributed by atoms with Crippen molar-refractivity contribution in [2.24, 2.45) is 0 Å². The van der Waals surface area contributed by atoms with Crippen LogP contribution in [0.4, 0.5) is 0 Å². The van der Waals surface area contributed by atoms with Gasteiger partial charge in [-0.25, -0.2) is 5.26 Å². The molecule has 16 heavy (non-hydrogen) atoms. The summed E-state index contributed by atoms with van der Waals surface area (Å²) in [6, 6.07) is 8.69. The van der Waals surface area contributed by atoms with E-state index < -0.39 is 0 Å². The lowest BCUT2D eigenvalue weighted by Gasteiger charge is -2.22. The van der Waals surface area contributed by atoms with Gasteiger partial charge in [-0.1, -0.05) is 55.8 Å². The lowest BCUT2D eigenvalue weighted by Crippen LogP contribution is -2.24. The van der Waals surface area contributed by atoms with Crippen molar-refractivity contribution in [3.05, 3.63) is 29.8 Å². The first-order chi connectivity index (χ1) is 7.81. The molecule has 1 aliphatic carbocycles. The van der Waals surface area contributed by atoms with E-state index in [-0.39, 0.29) is 6.71 Å². The standard InChI is InChI=1S/C14H18BN/c1-15(11-16)14-9-7-13(8-10-14)12-5-3-2-4-6-12/h7-10,12H,2-6H2,1H3. The lowest BCUT2D eigenvalue weighted by atomic mass is 9.49. The largest absolute Gasteiger partial charge is 0.297 e. The van der Waals surface area contributed by atoms with Crippen molar-refractivity contribution in [1.29, 1.82) is 5.26 Å². The zero-order chi connectivity index (χ0) is 11.4. The van der Waals surface area contributed by atoms with Gasteiger partial charge in [0.1, 0.15) is 0 Å². The van der Waals surface area contributed by atoms with E-state index >= 15 is 0 Å². The van der Waals surface area contributed by atoms with Crippen LogP contribution >= 0.6 is 0 Å². The van der Waals surface area contributed by atoms with Crippen molar-refractivity contribution >= 4 is 12.2 Å². The van der Waals surface area contributed by atoms with Crippen molar-refractivity contribution in [3.63, 3.8) is 0 Å². The molecule has 2 rings (SSSR count). The summed E-state index contributed by atoms with van der Waals surface area (Å²) in [6.45, 7) is 1.97. The predicted molar refractivity (Wildman–Crippen MR) is 69.1 cm³/mol. The first kappa shape index (κ1) is 11.3. The molecule has 0 bridgehead atoms. The third-order valence-electron chi connectivity index (χ3n) is 3.71. The number of hydrogen-bond acceptors (Lipinski definition) is 1. The van der Waals surface area contributed by atoms with Crippen molar-refractivity contribution < 1.29 is 0 Å². The average Bonchev–Trinajstić information content (AvgIpc) is 2.39. The van der Waals surface area contributed by atoms with Crippen LogP contribution in [0, 0.1) is 11.2 Å².